The summed E-state index contributed by atoms with van der Waals surface area (Å²) in [6.45, 7) is 5.53. The molecule has 1 aromatic heterocycles. The number of aryl methyl sites for hydroxylation is 1. The Morgan fingerprint density at radius 3 is 2.38 bits per heavy atom. The van der Waals surface area contributed by atoms with Gasteiger partial charge in [-0.15, -0.1) is 10.2 Å². The molecule has 5 heteroatoms. The van der Waals surface area contributed by atoms with Gasteiger partial charge in [0.05, 0.1) is 0 Å². The second kappa shape index (κ2) is 3.85. The van der Waals surface area contributed by atoms with Gasteiger partial charge in [-0.2, -0.15) is 0 Å². The van der Waals surface area contributed by atoms with E-state index in [1.807, 2.05) is 13.8 Å². The summed E-state index contributed by atoms with van der Waals surface area (Å²) in [7, 11) is 0. The van der Waals surface area contributed by atoms with Crippen LogP contribution in [0.25, 0.3) is 0 Å². The van der Waals surface area contributed by atoms with E-state index >= 15 is 0 Å². The van der Waals surface area contributed by atoms with Gasteiger partial charge in [0.2, 0.25) is 11.8 Å². The third kappa shape index (κ3) is 2.26. The van der Waals surface area contributed by atoms with E-state index in [1.165, 1.54) is 0 Å². The van der Waals surface area contributed by atoms with Crippen LogP contribution in [0.2, 0.25) is 0 Å². The minimum atomic E-state index is -0.874. The number of aliphatic hydroxyl groups excluding tert-OH is 1. The summed E-state index contributed by atoms with van der Waals surface area (Å²) in [4.78, 5) is 0. The summed E-state index contributed by atoms with van der Waals surface area (Å²) in [6.07, 6.45) is -0.874. The number of hydrogen-bond donors (Lipinski definition) is 2. The van der Waals surface area contributed by atoms with Crippen molar-refractivity contribution in [3.63, 3.8) is 0 Å². The number of nitrogens with two attached hydrogens (primary N) is 1. The molecule has 0 aliphatic carbocycles. The van der Waals surface area contributed by atoms with E-state index < -0.39 is 6.10 Å². The molecule has 0 saturated carbocycles. The molecule has 0 saturated heterocycles. The Morgan fingerprint density at radius 1 is 1.38 bits per heavy atom. The second-order valence-electron chi connectivity index (χ2n) is 3.43. The highest BCUT2D eigenvalue weighted by Gasteiger charge is 2.24. The van der Waals surface area contributed by atoms with E-state index in [2.05, 4.69) is 10.2 Å². The molecule has 0 amide bonds. The van der Waals surface area contributed by atoms with E-state index in [0.29, 0.717) is 5.89 Å². The number of nitrogens with zero attached hydrogens (tertiary/aromatic N) is 2. The van der Waals surface area contributed by atoms with E-state index in [4.69, 9.17) is 10.2 Å². The maximum atomic E-state index is 9.65. The number of hydrogen-bond acceptors (Lipinski definition) is 5. The van der Waals surface area contributed by atoms with Crippen molar-refractivity contribution in [2.24, 2.45) is 11.7 Å². The zero-order valence-electron chi connectivity index (χ0n) is 8.06. The molecule has 0 bridgehead atoms. The van der Waals surface area contributed by atoms with Crippen LogP contribution < -0.4 is 5.73 Å². The van der Waals surface area contributed by atoms with Crippen molar-refractivity contribution < 1.29 is 9.52 Å². The molecular weight excluding hydrogens is 170 g/mol. The van der Waals surface area contributed by atoms with Gasteiger partial charge in [0.15, 0.2) is 0 Å². The Kier molecular flexibility index (Phi) is 3.00. The lowest BCUT2D eigenvalue weighted by Crippen LogP contribution is -2.33. The molecular formula is C8H15N3O2. The van der Waals surface area contributed by atoms with Gasteiger partial charge < -0.3 is 15.3 Å². The van der Waals surface area contributed by atoms with Crippen LogP contribution in [0.15, 0.2) is 4.42 Å². The van der Waals surface area contributed by atoms with Crippen molar-refractivity contribution in [1.29, 1.82) is 0 Å². The molecule has 1 heterocycles. The lowest BCUT2D eigenvalue weighted by atomic mass is 10.00. The Hall–Kier alpha value is -0.940. The molecule has 0 fully saturated rings. The Bertz CT molecular complexity index is 272. The van der Waals surface area contributed by atoms with Gasteiger partial charge in [-0.1, -0.05) is 13.8 Å². The molecule has 2 atom stereocenters. The molecule has 74 valence electrons. The molecule has 3 N–H and O–H groups in total. The third-order valence-electron chi connectivity index (χ3n) is 1.93. The summed E-state index contributed by atoms with van der Waals surface area (Å²) in [5, 5.41) is 17.0. The van der Waals surface area contributed by atoms with Gasteiger partial charge in [0.1, 0.15) is 6.10 Å². The predicted molar refractivity (Wildman–Crippen MR) is 46.8 cm³/mol. The molecule has 2 unspecified atom stereocenters. The zero-order chi connectivity index (χ0) is 10.0. The lowest BCUT2D eigenvalue weighted by Gasteiger charge is -2.18. The monoisotopic (exact) mass is 185 g/mol. The second-order valence-corrected chi connectivity index (χ2v) is 3.43. The molecule has 0 aliphatic rings. The summed E-state index contributed by atoms with van der Waals surface area (Å²) < 4.78 is 5.06. The Balaban J connectivity index is 2.73. The zero-order valence-corrected chi connectivity index (χ0v) is 8.06. The molecule has 5 nitrogen and oxygen atoms in total. The fourth-order valence-corrected chi connectivity index (χ4v) is 0.961. The number of rotatable bonds is 3. The van der Waals surface area contributed by atoms with Gasteiger partial charge in [0.25, 0.3) is 0 Å². The smallest absolute Gasteiger partial charge is 0.246 e. The van der Waals surface area contributed by atoms with Gasteiger partial charge in [-0.05, 0) is 5.92 Å². The average Bonchev–Trinajstić information content (AvgIpc) is 2.49. The fourth-order valence-electron chi connectivity index (χ4n) is 0.961. The van der Waals surface area contributed by atoms with Crippen LogP contribution in [0.1, 0.15) is 31.7 Å². The summed E-state index contributed by atoms with van der Waals surface area (Å²) >= 11 is 0. The van der Waals surface area contributed by atoms with Crippen LogP contribution in [0.3, 0.4) is 0 Å². The van der Waals surface area contributed by atoms with E-state index in [9.17, 15) is 5.11 Å². The van der Waals surface area contributed by atoms with Crippen molar-refractivity contribution in [3.05, 3.63) is 11.8 Å². The van der Waals surface area contributed by atoms with Crippen molar-refractivity contribution in [3.8, 4) is 0 Å². The first-order valence-electron chi connectivity index (χ1n) is 4.26. The molecule has 0 aromatic carbocycles. The maximum absolute atomic E-state index is 9.65. The van der Waals surface area contributed by atoms with Crippen LogP contribution in [0, 0.1) is 12.8 Å². The van der Waals surface area contributed by atoms with E-state index in [1.54, 1.807) is 6.92 Å². The topological polar surface area (TPSA) is 85.2 Å². The first kappa shape index (κ1) is 10.1. The van der Waals surface area contributed by atoms with Crippen molar-refractivity contribution in [2.45, 2.75) is 32.9 Å². The molecule has 0 radical (unpaired) electrons. The van der Waals surface area contributed by atoms with Crippen molar-refractivity contribution in [1.82, 2.24) is 10.2 Å². The van der Waals surface area contributed by atoms with Gasteiger partial charge in [0, 0.05) is 13.0 Å². The summed E-state index contributed by atoms with van der Waals surface area (Å²) in [5.41, 5.74) is 5.72. The van der Waals surface area contributed by atoms with Gasteiger partial charge in [-0.3, -0.25) is 0 Å². The highest BCUT2D eigenvalue weighted by molar-refractivity contribution is 4.91. The minimum absolute atomic E-state index is 0.169. The SMILES string of the molecule is Cc1nnc(C(O)C(N)C(C)C)o1. The quantitative estimate of drug-likeness (QED) is 0.711. The predicted octanol–water partition coefficient (Wildman–Crippen LogP) is 0.395. The number of aliphatic hydroxyl groups is 1. The minimum Gasteiger partial charge on any atom is -0.423 e. The van der Waals surface area contributed by atoms with E-state index in [0.717, 1.165) is 0 Å². The van der Waals surface area contributed by atoms with Crippen LogP contribution in [-0.2, 0) is 0 Å². The first-order chi connectivity index (χ1) is 6.02. The first-order valence-corrected chi connectivity index (χ1v) is 4.26. The van der Waals surface area contributed by atoms with Gasteiger partial charge in [-0.25, -0.2) is 0 Å². The average molecular weight is 185 g/mol. The fraction of sp³-hybridized carbons (Fsp3) is 0.750. The normalized spacial score (nSPS) is 16.2. The highest BCUT2D eigenvalue weighted by atomic mass is 16.4. The van der Waals surface area contributed by atoms with Gasteiger partial charge >= 0.3 is 0 Å². The van der Waals surface area contributed by atoms with Crippen LogP contribution in [-0.4, -0.2) is 21.3 Å². The number of aromatic nitrogens is 2. The summed E-state index contributed by atoms with van der Waals surface area (Å²) in [5.74, 6) is 0.797. The maximum Gasteiger partial charge on any atom is 0.246 e. The van der Waals surface area contributed by atoms with E-state index in [-0.39, 0.29) is 17.9 Å². The largest absolute Gasteiger partial charge is 0.423 e. The standard InChI is InChI=1S/C8H15N3O2/c1-4(2)6(9)7(12)8-11-10-5(3)13-8/h4,6-7,12H,9H2,1-3H3. The summed E-state index contributed by atoms with van der Waals surface area (Å²) in [6, 6.07) is -0.375. The third-order valence-corrected chi connectivity index (χ3v) is 1.93. The molecule has 1 aromatic rings. The lowest BCUT2D eigenvalue weighted by molar-refractivity contribution is 0.0963. The van der Waals surface area contributed by atoms with Crippen LogP contribution >= 0.6 is 0 Å². The molecule has 0 aliphatic heterocycles. The van der Waals surface area contributed by atoms with Crippen molar-refractivity contribution in [2.75, 3.05) is 0 Å². The van der Waals surface area contributed by atoms with Crippen LogP contribution in [0.4, 0.5) is 0 Å². The molecule has 0 spiro atoms. The Morgan fingerprint density at radius 2 is 2.00 bits per heavy atom. The van der Waals surface area contributed by atoms with Crippen LogP contribution in [0.5, 0.6) is 0 Å². The Labute approximate surface area is 77.0 Å². The van der Waals surface area contributed by atoms with Crippen molar-refractivity contribution >= 4 is 0 Å². The molecule has 1 rings (SSSR count). The molecule has 13 heavy (non-hydrogen) atoms. The highest BCUT2D eigenvalue weighted by Crippen LogP contribution is 2.18.